The third-order valence-electron chi connectivity index (χ3n) is 6.13. The molecule has 9 heteroatoms. The van der Waals surface area contributed by atoms with Crippen molar-refractivity contribution in [2.45, 2.75) is 70.1 Å². The van der Waals surface area contributed by atoms with Crippen LogP contribution in [-0.2, 0) is 22.1 Å². The van der Waals surface area contributed by atoms with Gasteiger partial charge in [0, 0.05) is 37.7 Å². The van der Waals surface area contributed by atoms with Crippen LogP contribution in [0.1, 0.15) is 68.3 Å². The smallest absolute Gasteiger partial charge is 0.378 e. The lowest BCUT2D eigenvalue weighted by atomic mass is 9.90. The van der Waals surface area contributed by atoms with E-state index in [-0.39, 0.29) is 29.0 Å². The lowest BCUT2D eigenvalue weighted by Gasteiger charge is -2.31. The van der Waals surface area contributed by atoms with Gasteiger partial charge in [-0.3, -0.25) is 4.79 Å². The highest BCUT2D eigenvalue weighted by Gasteiger charge is 2.38. The Labute approximate surface area is 172 Å². The molecule has 0 aromatic carbocycles. The molecule has 2 aliphatic heterocycles. The Morgan fingerprint density at radius 2 is 2.03 bits per heavy atom. The molecule has 164 valence electrons. The van der Waals surface area contributed by atoms with Gasteiger partial charge in [0.25, 0.3) is 5.71 Å². The molecule has 2 aliphatic rings. The summed E-state index contributed by atoms with van der Waals surface area (Å²) in [7, 11) is 0. The SMILES string of the molecule is CCc1cc(C(F)(F)F)c2c(C3CCN(C(=O)CCC4CCCO4)CC3)noc2n1. The predicted octanol–water partition coefficient (Wildman–Crippen LogP) is 4.47. The van der Waals surface area contributed by atoms with E-state index >= 15 is 0 Å². The standard InChI is InChI=1S/C21H26F3N3O3/c1-2-14-12-16(21(22,23)24)18-19(26-30-20(18)25-14)13-7-9-27(10-8-13)17(28)6-5-15-4-3-11-29-15/h12-13,15H,2-11H2,1H3. The summed E-state index contributed by atoms with van der Waals surface area (Å²) in [5.74, 6) is -0.108. The monoisotopic (exact) mass is 425 g/mol. The molecule has 2 aromatic rings. The minimum absolute atomic E-state index is 0.0390. The summed E-state index contributed by atoms with van der Waals surface area (Å²) in [6, 6.07) is 1.09. The zero-order valence-electron chi connectivity index (χ0n) is 17.0. The number of likely N-dealkylation sites (tertiary alicyclic amines) is 1. The van der Waals surface area contributed by atoms with Gasteiger partial charge in [0.1, 0.15) is 0 Å². The van der Waals surface area contributed by atoms with Crippen molar-refractivity contribution in [2.24, 2.45) is 0 Å². The number of pyridine rings is 1. The summed E-state index contributed by atoms with van der Waals surface area (Å²) >= 11 is 0. The first kappa shape index (κ1) is 21.1. The van der Waals surface area contributed by atoms with Crippen molar-refractivity contribution in [3.05, 3.63) is 23.0 Å². The molecular weight excluding hydrogens is 399 g/mol. The van der Waals surface area contributed by atoms with Gasteiger partial charge < -0.3 is 14.2 Å². The van der Waals surface area contributed by atoms with Gasteiger partial charge in [0.15, 0.2) is 0 Å². The van der Waals surface area contributed by atoms with Crippen LogP contribution in [0.25, 0.3) is 11.1 Å². The molecule has 0 radical (unpaired) electrons. The molecule has 2 aromatic heterocycles. The Morgan fingerprint density at radius 1 is 1.27 bits per heavy atom. The molecule has 4 heterocycles. The van der Waals surface area contributed by atoms with Gasteiger partial charge >= 0.3 is 6.18 Å². The molecule has 0 aliphatic carbocycles. The molecule has 0 saturated carbocycles. The molecule has 4 rings (SSSR count). The fraction of sp³-hybridized carbons (Fsp3) is 0.667. The number of amides is 1. The number of hydrogen-bond donors (Lipinski definition) is 0. The summed E-state index contributed by atoms with van der Waals surface area (Å²) in [5, 5.41) is 3.93. The van der Waals surface area contributed by atoms with Gasteiger partial charge in [-0.15, -0.1) is 0 Å². The number of piperidine rings is 1. The van der Waals surface area contributed by atoms with Crippen LogP contribution in [0.2, 0.25) is 0 Å². The molecular formula is C21H26F3N3O3. The number of carbonyl (C=O) groups is 1. The molecule has 2 saturated heterocycles. The average Bonchev–Trinajstić information content (AvgIpc) is 3.40. The fourth-order valence-corrected chi connectivity index (χ4v) is 4.42. The van der Waals surface area contributed by atoms with Crippen LogP contribution >= 0.6 is 0 Å². The highest BCUT2D eigenvalue weighted by atomic mass is 19.4. The first-order chi connectivity index (χ1) is 14.4. The number of alkyl halides is 3. The molecule has 0 N–H and O–H groups in total. The van der Waals surface area contributed by atoms with Crippen LogP contribution in [0.4, 0.5) is 13.2 Å². The van der Waals surface area contributed by atoms with E-state index in [1.54, 1.807) is 11.8 Å². The predicted molar refractivity (Wildman–Crippen MR) is 103 cm³/mol. The third kappa shape index (κ3) is 4.31. The van der Waals surface area contributed by atoms with Crippen LogP contribution < -0.4 is 0 Å². The van der Waals surface area contributed by atoms with E-state index in [0.29, 0.717) is 50.2 Å². The maximum Gasteiger partial charge on any atom is 0.417 e. The van der Waals surface area contributed by atoms with E-state index in [4.69, 9.17) is 9.26 Å². The van der Waals surface area contributed by atoms with Crippen LogP contribution in [-0.4, -0.2) is 46.7 Å². The fourth-order valence-electron chi connectivity index (χ4n) is 4.42. The van der Waals surface area contributed by atoms with Gasteiger partial charge in [-0.05, 0) is 44.6 Å². The molecule has 1 amide bonds. The van der Waals surface area contributed by atoms with Crippen molar-refractivity contribution in [1.82, 2.24) is 15.0 Å². The maximum atomic E-state index is 13.7. The Kier molecular flexibility index (Phi) is 5.99. The molecule has 0 spiro atoms. The number of fused-ring (bicyclic) bond motifs is 1. The molecule has 6 nitrogen and oxygen atoms in total. The van der Waals surface area contributed by atoms with Crippen molar-refractivity contribution in [2.75, 3.05) is 19.7 Å². The van der Waals surface area contributed by atoms with Crippen LogP contribution in [0.3, 0.4) is 0 Å². The second-order valence-corrected chi connectivity index (χ2v) is 8.09. The van der Waals surface area contributed by atoms with E-state index in [2.05, 4.69) is 10.1 Å². The molecule has 30 heavy (non-hydrogen) atoms. The van der Waals surface area contributed by atoms with E-state index in [1.807, 2.05) is 0 Å². The Hall–Kier alpha value is -2.16. The van der Waals surface area contributed by atoms with E-state index < -0.39 is 11.7 Å². The minimum atomic E-state index is -4.51. The number of carbonyl (C=O) groups excluding carboxylic acids is 1. The highest BCUT2D eigenvalue weighted by Crippen LogP contribution is 2.40. The summed E-state index contributed by atoms with van der Waals surface area (Å²) in [5.41, 5.74) is -0.175. The zero-order chi connectivity index (χ0) is 21.3. The molecule has 2 fully saturated rings. The van der Waals surface area contributed by atoms with Gasteiger partial charge in [0.2, 0.25) is 5.91 Å². The summed E-state index contributed by atoms with van der Waals surface area (Å²) < 4.78 is 51.8. The number of ether oxygens (including phenoxy) is 1. The number of aromatic nitrogens is 2. The lowest BCUT2D eigenvalue weighted by molar-refractivity contribution is -0.136. The van der Waals surface area contributed by atoms with Crippen molar-refractivity contribution in [1.29, 1.82) is 0 Å². The van der Waals surface area contributed by atoms with Crippen molar-refractivity contribution in [3.63, 3.8) is 0 Å². The van der Waals surface area contributed by atoms with E-state index in [9.17, 15) is 18.0 Å². The van der Waals surface area contributed by atoms with Crippen molar-refractivity contribution >= 4 is 17.0 Å². The number of halogens is 3. The quantitative estimate of drug-likeness (QED) is 0.707. The Bertz CT molecular complexity index is 898. The highest BCUT2D eigenvalue weighted by molar-refractivity contribution is 5.82. The average molecular weight is 425 g/mol. The number of rotatable bonds is 5. The number of aryl methyl sites for hydroxylation is 1. The number of hydrogen-bond acceptors (Lipinski definition) is 5. The van der Waals surface area contributed by atoms with Gasteiger partial charge in [-0.25, -0.2) is 4.98 Å². The maximum absolute atomic E-state index is 13.7. The van der Waals surface area contributed by atoms with Gasteiger partial charge in [0.05, 0.1) is 22.7 Å². The summed E-state index contributed by atoms with van der Waals surface area (Å²) in [6.07, 6.45) is 0.381. The first-order valence-electron chi connectivity index (χ1n) is 10.6. The molecule has 1 atom stereocenters. The van der Waals surface area contributed by atoms with Crippen LogP contribution in [0.15, 0.2) is 10.6 Å². The molecule has 0 bridgehead atoms. The van der Waals surface area contributed by atoms with Crippen molar-refractivity contribution < 1.29 is 27.2 Å². The van der Waals surface area contributed by atoms with Crippen molar-refractivity contribution in [3.8, 4) is 0 Å². The molecule has 1 unspecified atom stereocenters. The second-order valence-electron chi connectivity index (χ2n) is 8.09. The second kappa shape index (κ2) is 8.53. The largest absolute Gasteiger partial charge is 0.417 e. The van der Waals surface area contributed by atoms with Crippen LogP contribution in [0.5, 0.6) is 0 Å². The van der Waals surface area contributed by atoms with Gasteiger partial charge in [-0.2, -0.15) is 13.2 Å². The lowest BCUT2D eigenvalue weighted by Crippen LogP contribution is -2.38. The zero-order valence-corrected chi connectivity index (χ0v) is 17.0. The number of nitrogens with zero attached hydrogens (tertiary/aromatic N) is 3. The van der Waals surface area contributed by atoms with Gasteiger partial charge in [-0.1, -0.05) is 12.1 Å². The third-order valence-corrected chi connectivity index (χ3v) is 6.13. The Morgan fingerprint density at radius 3 is 2.67 bits per heavy atom. The first-order valence-corrected chi connectivity index (χ1v) is 10.6. The minimum Gasteiger partial charge on any atom is -0.378 e. The van der Waals surface area contributed by atoms with E-state index in [1.165, 1.54) is 0 Å². The summed E-state index contributed by atoms with van der Waals surface area (Å²) in [4.78, 5) is 18.5. The topological polar surface area (TPSA) is 68.5 Å². The normalized spacial score (nSPS) is 20.9. The van der Waals surface area contributed by atoms with E-state index in [0.717, 1.165) is 31.9 Å². The van der Waals surface area contributed by atoms with Crippen LogP contribution in [0, 0.1) is 0 Å². The summed E-state index contributed by atoms with van der Waals surface area (Å²) in [6.45, 7) is 3.53. The Balaban J connectivity index is 1.46.